The molecule has 3 aromatic rings. The number of carboxylic acid groups (broad SMARTS) is 1. The van der Waals surface area contributed by atoms with E-state index in [4.69, 9.17) is 11.5 Å². The number of benzene rings is 1. The standard InChI is InChI=1S/C26H34N8O7/c1-13(35)22(34-23(37)17(27)9-15-11-29-12-31-15)25(39)32-19(6-7-21(28)36)24(38)33-20(26(40)41)8-14-10-30-18-5-3-2-4-16(14)18/h2-5,10-13,17,19-20,22,30,35H,6-9,27H2,1H3,(H2,28,36)(H,29,31)(H,32,39)(H,33,38)(H,34,37)(H,40,41). The number of aliphatic hydroxyl groups is 1. The lowest BCUT2D eigenvalue weighted by Gasteiger charge is -2.26. The van der Waals surface area contributed by atoms with Gasteiger partial charge in [0, 0.05) is 48.3 Å². The molecular formula is C26H34N8O7. The first-order valence-corrected chi connectivity index (χ1v) is 12.8. The third-order valence-electron chi connectivity index (χ3n) is 6.42. The molecule has 0 saturated carbocycles. The van der Waals surface area contributed by atoms with E-state index < -0.39 is 59.9 Å². The fraction of sp³-hybridized carbons (Fsp3) is 0.385. The number of nitrogens with one attached hydrogen (secondary N) is 5. The first-order chi connectivity index (χ1) is 19.5. The van der Waals surface area contributed by atoms with E-state index in [1.165, 1.54) is 19.4 Å². The molecule has 220 valence electrons. The van der Waals surface area contributed by atoms with E-state index in [2.05, 4.69) is 30.9 Å². The van der Waals surface area contributed by atoms with Gasteiger partial charge in [0.2, 0.25) is 23.6 Å². The van der Waals surface area contributed by atoms with Crippen molar-refractivity contribution in [3.63, 3.8) is 0 Å². The first kappa shape index (κ1) is 30.8. The Labute approximate surface area is 234 Å². The van der Waals surface area contributed by atoms with Crippen LogP contribution in [0.3, 0.4) is 0 Å². The minimum atomic E-state index is -1.51. The number of carboxylic acids is 1. The van der Waals surface area contributed by atoms with Crippen molar-refractivity contribution in [3.05, 3.63) is 54.2 Å². The van der Waals surface area contributed by atoms with Gasteiger partial charge in [0.15, 0.2) is 0 Å². The minimum absolute atomic E-state index is 0.0673. The molecule has 41 heavy (non-hydrogen) atoms. The van der Waals surface area contributed by atoms with Gasteiger partial charge in [-0.3, -0.25) is 19.2 Å². The number of aliphatic hydroxyl groups excluding tert-OH is 1. The molecule has 1 aromatic carbocycles. The molecule has 0 fully saturated rings. The summed E-state index contributed by atoms with van der Waals surface area (Å²) in [6.07, 6.45) is 2.60. The van der Waals surface area contributed by atoms with Crippen molar-refractivity contribution in [3.8, 4) is 0 Å². The minimum Gasteiger partial charge on any atom is -0.480 e. The predicted molar refractivity (Wildman–Crippen MR) is 146 cm³/mol. The topological polar surface area (TPSA) is 258 Å². The van der Waals surface area contributed by atoms with E-state index in [9.17, 15) is 34.2 Å². The number of carbonyl (C=O) groups is 5. The zero-order chi connectivity index (χ0) is 30.1. The normalized spacial score (nSPS) is 14.8. The molecule has 2 aromatic heterocycles. The van der Waals surface area contributed by atoms with Gasteiger partial charge < -0.3 is 47.6 Å². The molecular weight excluding hydrogens is 536 g/mol. The van der Waals surface area contributed by atoms with Crippen LogP contribution in [0.2, 0.25) is 0 Å². The van der Waals surface area contributed by atoms with Crippen molar-refractivity contribution in [2.24, 2.45) is 11.5 Å². The Balaban J connectivity index is 1.71. The van der Waals surface area contributed by atoms with Crippen LogP contribution in [0.5, 0.6) is 0 Å². The van der Waals surface area contributed by atoms with Crippen molar-refractivity contribution in [1.29, 1.82) is 0 Å². The lowest BCUT2D eigenvalue weighted by atomic mass is 10.0. The SMILES string of the molecule is CC(O)C(NC(=O)C(N)Cc1cnc[nH]1)C(=O)NC(CCC(N)=O)C(=O)NC(Cc1c[nH]c2ccccc12)C(=O)O. The molecule has 5 atom stereocenters. The second-order valence-corrected chi connectivity index (χ2v) is 9.64. The molecule has 11 N–H and O–H groups in total. The predicted octanol–water partition coefficient (Wildman–Crippen LogP) is -1.81. The number of para-hydroxylation sites is 1. The number of aliphatic carboxylic acids is 1. The summed E-state index contributed by atoms with van der Waals surface area (Å²) >= 11 is 0. The van der Waals surface area contributed by atoms with Crippen LogP contribution >= 0.6 is 0 Å². The van der Waals surface area contributed by atoms with E-state index in [1.54, 1.807) is 12.3 Å². The quantitative estimate of drug-likeness (QED) is 0.0995. The van der Waals surface area contributed by atoms with Crippen LogP contribution < -0.4 is 27.4 Å². The lowest BCUT2D eigenvalue weighted by molar-refractivity contribution is -0.142. The van der Waals surface area contributed by atoms with E-state index in [0.717, 1.165) is 10.9 Å². The van der Waals surface area contributed by atoms with Crippen molar-refractivity contribution in [1.82, 2.24) is 30.9 Å². The summed E-state index contributed by atoms with van der Waals surface area (Å²) in [6.45, 7) is 1.26. The molecule has 0 aliphatic carbocycles. The molecule has 0 bridgehead atoms. The number of H-pyrrole nitrogens is 2. The van der Waals surface area contributed by atoms with Gasteiger partial charge in [0.25, 0.3) is 0 Å². The number of carbonyl (C=O) groups excluding carboxylic acids is 4. The molecule has 4 amide bonds. The largest absolute Gasteiger partial charge is 0.480 e. The number of nitrogens with two attached hydrogens (primary N) is 2. The number of imidazole rings is 1. The molecule has 0 radical (unpaired) electrons. The second-order valence-electron chi connectivity index (χ2n) is 9.64. The zero-order valence-electron chi connectivity index (χ0n) is 22.3. The third kappa shape index (κ3) is 8.61. The van der Waals surface area contributed by atoms with Crippen molar-refractivity contribution in [2.45, 2.75) is 62.9 Å². The van der Waals surface area contributed by atoms with Gasteiger partial charge in [-0.15, -0.1) is 0 Å². The third-order valence-corrected chi connectivity index (χ3v) is 6.42. The van der Waals surface area contributed by atoms with Gasteiger partial charge in [0.1, 0.15) is 18.1 Å². The Bertz CT molecular complexity index is 1370. The van der Waals surface area contributed by atoms with Crippen LogP contribution in [0.15, 0.2) is 43.0 Å². The van der Waals surface area contributed by atoms with E-state index in [-0.39, 0.29) is 25.7 Å². The number of rotatable bonds is 15. The highest BCUT2D eigenvalue weighted by molar-refractivity contribution is 5.95. The molecule has 0 saturated heterocycles. The van der Waals surface area contributed by atoms with Crippen LogP contribution in [0.1, 0.15) is 31.0 Å². The molecule has 15 heteroatoms. The maximum Gasteiger partial charge on any atom is 0.326 e. The summed E-state index contributed by atoms with van der Waals surface area (Å²) < 4.78 is 0. The number of nitrogens with zero attached hydrogens (tertiary/aromatic N) is 1. The average Bonchev–Trinajstić information content (AvgIpc) is 3.58. The first-order valence-electron chi connectivity index (χ1n) is 12.8. The number of aromatic amines is 2. The maximum absolute atomic E-state index is 13.2. The summed E-state index contributed by atoms with van der Waals surface area (Å²) in [5.41, 5.74) is 13.2. The van der Waals surface area contributed by atoms with Crippen molar-refractivity contribution >= 4 is 40.5 Å². The average molecular weight is 571 g/mol. The van der Waals surface area contributed by atoms with Gasteiger partial charge in [-0.1, -0.05) is 18.2 Å². The van der Waals surface area contributed by atoms with E-state index >= 15 is 0 Å². The van der Waals surface area contributed by atoms with Crippen LogP contribution in [-0.4, -0.2) is 85.0 Å². The molecule has 0 aliphatic rings. The number of amides is 4. The van der Waals surface area contributed by atoms with Gasteiger partial charge in [-0.25, -0.2) is 9.78 Å². The number of aromatic nitrogens is 3. The summed E-state index contributed by atoms with van der Waals surface area (Å²) in [7, 11) is 0. The molecule has 5 unspecified atom stereocenters. The number of primary amides is 1. The lowest BCUT2D eigenvalue weighted by Crippen LogP contribution is -2.60. The van der Waals surface area contributed by atoms with Gasteiger partial charge >= 0.3 is 5.97 Å². The second kappa shape index (κ2) is 14.0. The van der Waals surface area contributed by atoms with Crippen LogP contribution in [-0.2, 0) is 36.8 Å². The van der Waals surface area contributed by atoms with Gasteiger partial charge in [0.05, 0.1) is 18.5 Å². The Morgan fingerprint density at radius 3 is 2.32 bits per heavy atom. The molecule has 3 rings (SSSR count). The molecule has 2 heterocycles. The highest BCUT2D eigenvalue weighted by atomic mass is 16.4. The smallest absolute Gasteiger partial charge is 0.326 e. The van der Waals surface area contributed by atoms with E-state index in [1.807, 2.05) is 18.2 Å². The summed E-state index contributed by atoms with van der Waals surface area (Å²) in [5.74, 6) is -4.66. The van der Waals surface area contributed by atoms with Crippen molar-refractivity contribution in [2.75, 3.05) is 0 Å². The van der Waals surface area contributed by atoms with Crippen molar-refractivity contribution < 1.29 is 34.2 Å². The van der Waals surface area contributed by atoms with Gasteiger partial charge in [-0.05, 0) is 25.0 Å². The molecule has 0 aliphatic heterocycles. The summed E-state index contributed by atoms with van der Waals surface area (Å²) in [4.78, 5) is 72.0. The Morgan fingerprint density at radius 1 is 0.976 bits per heavy atom. The zero-order valence-corrected chi connectivity index (χ0v) is 22.3. The van der Waals surface area contributed by atoms with Crippen LogP contribution in [0.4, 0.5) is 0 Å². The monoisotopic (exact) mass is 570 g/mol. The fourth-order valence-corrected chi connectivity index (χ4v) is 4.20. The van der Waals surface area contributed by atoms with E-state index in [0.29, 0.717) is 11.3 Å². The number of hydrogen-bond acceptors (Lipinski definition) is 8. The Hall–Kier alpha value is -4.76. The Kier molecular flexibility index (Phi) is 10.5. The summed E-state index contributed by atoms with van der Waals surface area (Å²) in [6, 6.07) is 1.87. The highest BCUT2D eigenvalue weighted by Gasteiger charge is 2.33. The molecule has 15 nitrogen and oxygen atoms in total. The number of hydrogen-bond donors (Lipinski definition) is 9. The van der Waals surface area contributed by atoms with Crippen LogP contribution in [0.25, 0.3) is 10.9 Å². The summed E-state index contributed by atoms with van der Waals surface area (Å²) in [5, 5.41) is 27.9. The highest BCUT2D eigenvalue weighted by Crippen LogP contribution is 2.19. The van der Waals surface area contributed by atoms with Gasteiger partial charge in [-0.2, -0.15) is 0 Å². The molecule has 0 spiro atoms. The van der Waals surface area contributed by atoms with Crippen LogP contribution in [0, 0.1) is 0 Å². The Morgan fingerprint density at radius 2 is 1.68 bits per heavy atom. The number of fused-ring (bicyclic) bond motifs is 1. The maximum atomic E-state index is 13.2. The fourth-order valence-electron chi connectivity index (χ4n) is 4.20.